The summed E-state index contributed by atoms with van der Waals surface area (Å²) in [6.45, 7) is 1.63. The molecule has 0 spiro atoms. The lowest BCUT2D eigenvalue weighted by Gasteiger charge is -2.22. The predicted molar refractivity (Wildman–Crippen MR) is 129 cm³/mol. The van der Waals surface area contributed by atoms with Crippen LogP contribution in [-0.4, -0.2) is 47.0 Å². The number of ether oxygens (including phenoxy) is 1. The van der Waals surface area contributed by atoms with Gasteiger partial charge in [0.25, 0.3) is 5.91 Å². The number of thiazole rings is 1. The Morgan fingerprint density at radius 2 is 1.90 bits per heavy atom. The van der Waals surface area contributed by atoms with E-state index in [2.05, 4.69) is 25.7 Å². The standard InChI is InChI=1S/C23H21BrClN3O2S/c1-30-13-12-27(22(29)17-2-6-18(24)7-3-17)11-10-20-15-31-23-26-21(14-28(20)23)16-4-8-19(25)9-5-16/h2-9,14-15H,10-13H2,1H3. The van der Waals surface area contributed by atoms with E-state index in [1.807, 2.05) is 59.6 Å². The number of nitrogens with zero attached hydrogens (tertiary/aromatic N) is 3. The van der Waals surface area contributed by atoms with Crippen LogP contribution in [0.5, 0.6) is 0 Å². The minimum atomic E-state index is 0.00325. The van der Waals surface area contributed by atoms with Crippen LogP contribution >= 0.6 is 38.9 Å². The molecule has 5 nitrogen and oxygen atoms in total. The minimum Gasteiger partial charge on any atom is -0.383 e. The Labute approximate surface area is 198 Å². The highest BCUT2D eigenvalue weighted by Crippen LogP contribution is 2.25. The molecular weight excluding hydrogens is 498 g/mol. The number of aromatic nitrogens is 2. The maximum absolute atomic E-state index is 13.0. The molecule has 0 saturated heterocycles. The van der Waals surface area contributed by atoms with E-state index in [0.29, 0.717) is 30.3 Å². The van der Waals surface area contributed by atoms with Crippen LogP contribution < -0.4 is 0 Å². The Morgan fingerprint density at radius 3 is 2.61 bits per heavy atom. The van der Waals surface area contributed by atoms with Gasteiger partial charge in [-0.15, -0.1) is 11.3 Å². The smallest absolute Gasteiger partial charge is 0.253 e. The summed E-state index contributed by atoms with van der Waals surface area (Å²) in [5.41, 5.74) is 3.73. The highest BCUT2D eigenvalue weighted by atomic mass is 79.9. The molecule has 0 aliphatic heterocycles. The fraction of sp³-hybridized carbons (Fsp3) is 0.217. The highest BCUT2D eigenvalue weighted by molar-refractivity contribution is 9.10. The summed E-state index contributed by atoms with van der Waals surface area (Å²) in [6.07, 6.45) is 2.77. The molecule has 4 aromatic rings. The number of fused-ring (bicyclic) bond motifs is 1. The van der Waals surface area contributed by atoms with E-state index >= 15 is 0 Å². The van der Waals surface area contributed by atoms with Gasteiger partial charge in [-0.05, 0) is 36.4 Å². The normalized spacial score (nSPS) is 11.2. The number of benzene rings is 2. The van der Waals surface area contributed by atoms with Crippen molar-refractivity contribution in [3.05, 3.63) is 80.9 Å². The Kier molecular flexibility index (Phi) is 7.07. The molecule has 2 aromatic carbocycles. The number of imidazole rings is 1. The van der Waals surface area contributed by atoms with Crippen LogP contribution in [0.4, 0.5) is 0 Å². The van der Waals surface area contributed by atoms with E-state index in [1.54, 1.807) is 18.4 Å². The molecule has 31 heavy (non-hydrogen) atoms. The summed E-state index contributed by atoms with van der Waals surface area (Å²) in [5, 5.41) is 2.81. The van der Waals surface area contributed by atoms with Crippen LogP contribution in [0.15, 0.2) is 64.6 Å². The summed E-state index contributed by atoms with van der Waals surface area (Å²) in [7, 11) is 1.65. The van der Waals surface area contributed by atoms with Crippen LogP contribution in [0.2, 0.25) is 5.02 Å². The number of hydrogen-bond donors (Lipinski definition) is 0. The Hall–Kier alpha value is -2.19. The molecular formula is C23H21BrClN3O2S. The molecule has 0 fully saturated rings. The molecule has 0 N–H and O–H groups in total. The third-order valence-electron chi connectivity index (χ3n) is 5.00. The molecule has 0 radical (unpaired) electrons. The zero-order valence-electron chi connectivity index (χ0n) is 16.9. The van der Waals surface area contributed by atoms with Crippen molar-refractivity contribution in [1.82, 2.24) is 14.3 Å². The molecule has 0 saturated carbocycles. The average Bonchev–Trinajstić information content (AvgIpc) is 3.36. The number of carbonyl (C=O) groups is 1. The van der Waals surface area contributed by atoms with E-state index in [1.165, 1.54) is 0 Å². The first-order chi connectivity index (χ1) is 15.0. The van der Waals surface area contributed by atoms with Gasteiger partial charge in [0, 0.05) is 64.5 Å². The van der Waals surface area contributed by atoms with Crippen LogP contribution in [0.3, 0.4) is 0 Å². The lowest BCUT2D eigenvalue weighted by atomic mass is 10.2. The van der Waals surface area contributed by atoms with Crippen molar-refractivity contribution in [1.29, 1.82) is 0 Å². The van der Waals surface area contributed by atoms with Gasteiger partial charge in [0.05, 0.1) is 12.3 Å². The van der Waals surface area contributed by atoms with Crippen molar-refractivity contribution in [3.8, 4) is 11.3 Å². The molecule has 0 aliphatic rings. The Morgan fingerprint density at radius 1 is 1.16 bits per heavy atom. The van der Waals surface area contributed by atoms with Gasteiger partial charge in [-0.3, -0.25) is 9.20 Å². The van der Waals surface area contributed by atoms with Crippen molar-refractivity contribution in [2.24, 2.45) is 0 Å². The average molecular weight is 519 g/mol. The fourth-order valence-corrected chi connectivity index (χ4v) is 4.61. The molecule has 1 amide bonds. The molecule has 0 bridgehead atoms. The van der Waals surface area contributed by atoms with Crippen molar-refractivity contribution in [3.63, 3.8) is 0 Å². The lowest BCUT2D eigenvalue weighted by molar-refractivity contribution is 0.0697. The number of hydrogen-bond acceptors (Lipinski definition) is 4. The number of methoxy groups -OCH3 is 1. The van der Waals surface area contributed by atoms with E-state index in [0.717, 1.165) is 32.8 Å². The van der Waals surface area contributed by atoms with Gasteiger partial charge < -0.3 is 9.64 Å². The van der Waals surface area contributed by atoms with Crippen LogP contribution in [0, 0.1) is 0 Å². The van der Waals surface area contributed by atoms with Gasteiger partial charge in [-0.2, -0.15) is 0 Å². The molecule has 8 heteroatoms. The van der Waals surface area contributed by atoms with Crippen molar-refractivity contribution in [2.45, 2.75) is 6.42 Å². The van der Waals surface area contributed by atoms with Crippen LogP contribution in [-0.2, 0) is 11.2 Å². The summed E-state index contributed by atoms with van der Waals surface area (Å²) in [5.74, 6) is 0.00325. The number of rotatable bonds is 8. The second-order valence-corrected chi connectivity index (χ2v) is 9.24. The fourth-order valence-electron chi connectivity index (χ4n) is 3.31. The summed E-state index contributed by atoms with van der Waals surface area (Å²) >= 11 is 11.0. The maximum Gasteiger partial charge on any atom is 0.253 e. The molecule has 2 aromatic heterocycles. The monoisotopic (exact) mass is 517 g/mol. The second kappa shape index (κ2) is 9.96. The van der Waals surface area contributed by atoms with Gasteiger partial charge in [-0.25, -0.2) is 4.98 Å². The van der Waals surface area contributed by atoms with Crippen LogP contribution in [0.25, 0.3) is 16.2 Å². The maximum atomic E-state index is 13.0. The molecule has 0 unspecified atom stereocenters. The third kappa shape index (κ3) is 5.18. The summed E-state index contributed by atoms with van der Waals surface area (Å²) in [6, 6.07) is 15.1. The molecule has 0 aliphatic carbocycles. The van der Waals surface area contributed by atoms with Gasteiger partial charge in [0.15, 0.2) is 4.96 Å². The number of halogens is 2. The summed E-state index contributed by atoms with van der Waals surface area (Å²) in [4.78, 5) is 20.5. The first kappa shape index (κ1) is 22.0. The van der Waals surface area contributed by atoms with Crippen molar-refractivity contribution in [2.75, 3.05) is 26.8 Å². The lowest BCUT2D eigenvalue weighted by Crippen LogP contribution is -2.35. The quantitative estimate of drug-likeness (QED) is 0.296. The van der Waals surface area contributed by atoms with Crippen molar-refractivity contribution < 1.29 is 9.53 Å². The Bertz CT molecular complexity index is 1170. The zero-order chi connectivity index (χ0) is 21.8. The van der Waals surface area contributed by atoms with Gasteiger partial charge in [-0.1, -0.05) is 39.7 Å². The van der Waals surface area contributed by atoms with Gasteiger partial charge in [0.2, 0.25) is 0 Å². The predicted octanol–water partition coefficient (Wildman–Crippen LogP) is 5.81. The highest BCUT2D eigenvalue weighted by Gasteiger charge is 2.17. The molecule has 4 rings (SSSR count). The molecule has 0 atom stereocenters. The Balaban J connectivity index is 1.51. The molecule has 2 heterocycles. The topological polar surface area (TPSA) is 46.8 Å². The SMILES string of the molecule is COCCN(CCc1csc2nc(-c3ccc(Cl)cc3)cn12)C(=O)c1ccc(Br)cc1. The first-order valence-electron chi connectivity index (χ1n) is 9.80. The number of amides is 1. The van der Waals surface area contributed by atoms with E-state index in [-0.39, 0.29) is 5.91 Å². The molecule has 160 valence electrons. The van der Waals surface area contributed by atoms with E-state index in [4.69, 9.17) is 21.3 Å². The van der Waals surface area contributed by atoms with E-state index in [9.17, 15) is 4.79 Å². The van der Waals surface area contributed by atoms with E-state index < -0.39 is 0 Å². The van der Waals surface area contributed by atoms with Crippen molar-refractivity contribution >= 4 is 49.7 Å². The van der Waals surface area contributed by atoms with Gasteiger partial charge in [0.1, 0.15) is 0 Å². The van der Waals surface area contributed by atoms with Crippen LogP contribution in [0.1, 0.15) is 16.1 Å². The second-order valence-electron chi connectivity index (χ2n) is 7.05. The number of carbonyl (C=O) groups excluding carboxylic acids is 1. The largest absolute Gasteiger partial charge is 0.383 e. The summed E-state index contributed by atoms with van der Waals surface area (Å²) < 4.78 is 8.27. The van der Waals surface area contributed by atoms with Gasteiger partial charge >= 0.3 is 0 Å². The zero-order valence-corrected chi connectivity index (χ0v) is 20.1. The first-order valence-corrected chi connectivity index (χ1v) is 11.9. The minimum absolute atomic E-state index is 0.00325. The third-order valence-corrected chi connectivity index (χ3v) is 6.67.